The van der Waals surface area contributed by atoms with Crippen LogP contribution in [0.25, 0.3) is 0 Å². The van der Waals surface area contributed by atoms with Gasteiger partial charge in [0.05, 0.1) is 17.8 Å². The standard InChI is InChI=1S/C29H29F3N8O/c30-29(31,32)24-16-22(5-4-21(24)18-39-13-11-33-12-14-39)36-28(41)37-26-15-19(9-10-34-26)1-6-23-17-35-27-8-7-25(20-2-3-20)38-40(23)27/h4-5,7-10,15-16,20,23,33H,2-3,11-14,17-18H2,(H2,34,36,37,41). The fourth-order valence-electron chi connectivity index (χ4n) is 4.95. The van der Waals surface area contributed by atoms with Gasteiger partial charge in [0.2, 0.25) is 0 Å². The summed E-state index contributed by atoms with van der Waals surface area (Å²) in [6, 6.07) is 6.30. The van der Waals surface area contributed by atoms with Crippen LogP contribution in [0.1, 0.15) is 29.5 Å². The fraction of sp³-hybridized carbons (Fsp3) is 0.379. The first kappa shape index (κ1) is 27.0. The fourth-order valence-corrected chi connectivity index (χ4v) is 4.95. The number of carbonyl (C=O) groups is 1. The predicted molar refractivity (Wildman–Crippen MR) is 151 cm³/mol. The molecule has 0 radical (unpaired) electrons. The Morgan fingerprint density at radius 2 is 1.93 bits per heavy atom. The lowest BCUT2D eigenvalue weighted by molar-refractivity contribution is -0.138. The van der Waals surface area contributed by atoms with E-state index in [0.717, 1.165) is 43.5 Å². The van der Waals surface area contributed by atoms with Crippen molar-refractivity contribution in [2.45, 2.75) is 31.6 Å². The lowest BCUT2D eigenvalue weighted by atomic mass is 10.0. The highest BCUT2D eigenvalue weighted by Gasteiger charge is 2.35. The van der Waals surface area contributed by atoms with E-state index in [4.69, 9.17) is 5.10 Å². The van der Waals surface area contributed by atoms with Crippen molar-refractivity contribution in [1.29, 1.82) is 0 Å². The summed E-state index contributed by atoms with van der Waals surface area (Å²) in [7, 11) is 0. The highest BCUT2D eigenvalue weighted by atomic mass is 19.4. The Kier molecular flexibility index (Phi) is 7.47. The van der Waals surface area contributed by atoms with Crippen molar-refractivity contribution in [3.63, 3.8) is 0 Å². The zero-order chi connectivity index (χ0) is 28.4. The number of pyridine rings is 1. The number of aliphatic imine (C=N–C) groups is 1. The van der Waals surface area contributed by atoms with Crippen LogP contribution in [0.4, 0.5) is 29.5 Å². The molecule has 41 heavy (non-hydrogen) atoms. The third-order valence-electron chi connectivity index (χ3n) is 7.24. The van der Waals surface area contributed by atoms with Gasteiger partial charge >= 0.3 is 12.2 Å². The summed E-state index contributed by atoms with van der Waals surface area (Å²) in [5, 5.41) is 14.8. The van der Waals surface area contributed by atoms with E-state index in [-0.39, 0.29) is 29.7 Å². The molecule has 1 aromatic carbocycles. The Morgan fingerprint density at radius 1 is 1.10 bits per heavy atom. The molecule has 9 nitrogen and oxygen atoms in total. The summed E-state index contributed by atoms with van der Waals surface area (Å²) in [6.45, 7) is 3.54. The van der Waals surface area contributed by atoms with E-state index in [0.29, 0.717) is 31.1 Å². The average Bonchev–Trinajstić information content (AvgIpc) is 3.73. The maximum atomic E-state index is 13.8. The van der Waals surface area contributed by atoms with Gasteiger partial charge in [0.15, 0.2) is 0 Å². The number of nitrogens with zero attached hydrogens (tertiary/aromatic N) is 5. The first-order chi connectivity index (χ1) is 19.8. The summed E-state index contributed by atoms with van der Waals surface area (Å²) in [4.78, 5) is 23.3. The number of benzene rings is 1. The molecular weight excluding hydrogens is 533 g/mol. The molecule has 1 aliphatic carbocycles. The van der Waals surface area contributed by atoms with Gasteiger partial charge in [-0.05, 0) is 54.8 Å². The van der Waals surface area contributed by atoms with Gasteiger partial charge in [-0.1, -0.05) is 17.9 Å². The smallest absolute Gasteiger partial charge is 0.314 e. The number of halogens is 3. The van der Waals surface area contributed by atoms with Crippen molar-refractivity contribution in [2.24, 2.45) is 16.0 Å². The molecule has 3 N–H and O–H groups in total. The molecule has 4 heterocycles. The van der Waals surface area contributed by atoms with Crippen LogP contribution in [0.15, 0.2) is 58.8 Å². The van der Waals surface area contributed by atoms with Crippen molar-refractivity contribution < 1.29 is 18.0 Å². The Morgan fingerprint density at radius 3 is 2.71 bits per heavy atom. The van der Waals surface area contributed by atoms with Crippen LogP contribution in [0, 0.1) is 17.8 Å². The topological polar surface area (TPSA) is 97.2 Å². The first-order valence-corrected chi connectivity index (χ1v) is 13.6. The Hall–Kier alpha value is -4.21. The second-order valence-corrected chi connectivity index (χ2v) is 10.4. The predicted octanol–water partition coefficient (Wildman–Crippen LogP) is 3.92. The highest BCUT2D eigenvalue weighted by Crippen LogP contribution is 2.35. The van der Waals surface area contributed by atoms with E-state index in [9.17, 15) is 18.0 Å². The number of nitrogens with one attached hydrogen (secondary N) is 3. The van der Waals surface area contributed by atoms with Crippen LogP contribution in [0.2, 0.25) is 0 Å². The maximum absolute atomic E-state index is 13.8. The monoisotopic (exact) mass is 562 g/mol. The largest absolute Gasteiger partial charge is 0.416 e. The Labute approximate surface area is 235 Å². The quantitative estimate of drug-likeness (QED) is 0.480. The van der Waals surface area contributed by atoms with Crippen molar-refractivity contribution in [3.8, 4) is 11.8 Å². The van der Waals surface area contributed by atoms with Gasteiger partial charge < -0.3 is 10.6 Å². The molecule has 4 aliphatic rings. The number of aromatic nitrogens is 1. The number of urea groups is 1. The van der Waals surface area contributed by atoms with Crippen LogP contribution >= 0.6 is 0 Å². The zero-order valence-corrected chi connectivity index (χ0v) is 22.2. The molecule has 2 aromatic rings. The van der Waals surface area contributed by atoms with E-state index >= 15 is 0 Å². The van der Waals surface area contributed by atoms with E-state index in [1.807, 2.05) is 22.1 Å². The molecule has 1 unspecified atom stereocenters. The third-order valence-corrected chi connectivity index (χ3v) is 7.24. The molecule has 1 saturated heterocycles. The van der Waals surface area contributed by atoms with Crippen LogP contribution < -0.4 is 16.0 Å². The zero-order valence-electron chi connectivity index (χ0n) is 22.2. The summed E-state index contributed by atoms with van der Waals surface area (Å²) in [5.74, 6) is 7.85. The number of hydrogen-bond donors (Lipinski definition) is 3. The van der Waals surface area contributed by atoms with Crippen molar-refractivity contribution >= 4 is 29.1 Å². The van der Waals surface area contributed by atoms with Crippen molar-refractivity contribution in [3.05, 3.63) is 65.4 Å². The molecule has 1 saturated carbocycles. The van der Waals surface area contributed by atoms with Gasteiger partial charge in [0, 0.05) is 56.1 Å². The maximum Gasteiger partial charge on any atom is 0.416 e. The molecule has 1 atom stereocenters. The molecule has 12 heteroatoms. The van der Waals surface area contributed by atoms with Crippen LogP contribution in [0.3, 0.4) is 0 Å². The number of amides is 2. The molecular formula is C29H29F3N8O. The number of carbonyl (C=O) groups excluding carboxylic acids is 1. The van der Waals surface area contributed by atoms with E-state index in [1.165, 1.54) is 18.3 Å². The summed E-state index contributed by atoms with van der Waals surface area (Å²) in [5.41, 5.74) is 1.14. The third kappa shape index (κ3) is 6.58. The number of anilines is 2. The Bertz CT molecular complexity index is 1480. The number of piperazine rings is 1. The van der Waals surface area contributed by atoms with Gasteiger partial charge in [0.25, 0.3) is 0 Å². The summed E-state index contributed by atoms with van der Waals surface area (Å²) < 4.78 is 41.5. The average molecular weight is 563 g/mol. The normalized spacial score (nSPS) is 20.5. The number of allylic oxidation sites excluding steroid dienone is 1. The van der Waals surface area contributed by atoms with Crippen molar-refractivity contribution in [1.82, 2.24) is 20.2 Å². The number of amidine groups is 1. The number of hydrogen-bond acceptors (Lipinski definition) is 7. The minimum Gasteiger partial charge on any atom is -0.314 e. The minimum absolute atomic E-state index is 0.0357. The molecule has 2 amide bonds. The molecule has 212 valence electrons. The molecule has 2 fully saturated rings. The van der Waals surface area contributed by atoms with Gasteiger partial charge in [-0.25, -0.2) is 14.8 Å². The first-order valence-electron chi connectivity index (χ1n) is 13.6. The Balaban J connectivity index is 1.10. The second kappa shape index (κ2) is 11.3. The van der Waals surface area contributed by atoms with Gasteiger partial charge in [-0.3, -0.25) is 15.2 Å². The van der Waals surface area contributed by atoms with E-state index < -0.39 is 17.8 Å². The van der Waals surface area contributed by atoms with E-state index in [2.05, 4.69) is 37.8 Å². The molecule has 0 spiro atoms. The SMILES string of the molecule is O=C(Nc1ccc(CN2CCNCC2)c(C(F)(F)F)c1)Nc1cc(C#CC2CN=C3C=CC(C4CC4)=NN32)ccn1. The van der Waals surface area contributed by atoms with Gasteiger partial charge in [-0.15, -0.1) is 0 Å². The van der Waals surface area contributed by atoms with Crippen LogP contribution in [-0.4, -0.2) is 71.2 Å². The van der Waals surface area contributed by atoms with Crippen molar-refractivity contribution in [2.75, 3.05) is 43.4 Å². The minimum atomic E-state index is -4.55. The molecule has 3 aliphatic heterocycles. The lowest BCUT2D eigenvalue weighted by Gasteiger charge is -2.28. The summed E-state index contributed by atoms with van der Waals surface area (Å²) in [6.07, 6.45) is 3.29. The number of fused-ring (bicyclic) bond motifs is 1. The molecule has 6 rings (SSSR count). The second-order valence-electron chi connectivity index (χ2n) is 10.4. The molecule has 0 bridgehead atoms. The van der Waals surface area contributed by atoms with Gasteiger partial charge in [-0.2, -0.15) is 18.3 Å². The number of alkyl halides is 3. The van der Waals surface area contributed by atoms with Crippen LogP contribution in [0.5, 0.6) is 0 Å². The lowest BCUT2D eigenvalue weighted by Crippen LogP contribution is -2.43. The highest BCUT2D eigenvalue weighted by molar-refractivity contribution is 6.08. The number of rotatable bonds is 5. The number of hydrazone groups is 1. The van der Waals surface area contributed by atoms with Gasteiger partial charge in [0.1, 0.15) is 17.7 Å². The van der Waals surface area contributed by atoms with E-state index in [1.54, 1.807) is 12.1 Å². The molecule has 1 aromatic heterocycles. The summed E-state index contributed by atoms with van der Waals surface area (Å²) >= 11 is 0. The van der Waals surface area contributed by atoms with Crippen LogP contribution in [-0.2, 0) is 12.7 Å².